The first-order valence-electron chi connectivity index (χ1n) is 9.22. The van der Waals surface area contributed by atoms with Crippen molar-refractivity contribution in [2.75, 3.05) is 17.1 Å². The van der Waals surface area contributed by atoms with E-state index < -0.39 is 21.7 Å². The van der Waals surface area contributed by atoms with Crippen LogP contribution in [0.5, 0.6) is 5.75 Å². The molecule has 32 heavy (non-hydrogen) atoms. The zero-order chi connectivity index (χ0) is 22.9. The highest BCUT2D eigenvalue weighted by atomic mass is 35.5. The molecule has 0 spiro atoms. The maximum Gasteiger partial charge on any atom is 0.291 e. The molecule has 0 aliphatic rings. The summed E-state index contributed by atoms with van der Waals surface area (Å²) in [6.07, 6.45) is 0. The molecule has 0 saturated heterocycles. The number of rotatable bonds is 6. The van der Waals surface area contributed by atoms with E-state index in [0.29, 0.717) is 21.7 Å². The molecule has 0 fully saturated rings. The van der Waals surface area contributed by atoms with Crippen LogP contribution in [0.15, 0.2) is 76.0 Å². The number of halogens is 2. The third kappa shape index (κ3) is 4.53. The average molecular weight is 475 g/mol. The largest absolute Gasteiger partial charge is 0.495 e. The molecule has 1 heterocycles. The van der Waals surface area contributed by atoms with Crippen molar-refractivity contribution >= 4 is 49.9 Å². The molecule has 4 rings (SSSR count). The van der Waals surface area contributed by atoms with E-state index in [2.05, 4.69) is 10.0 Å². The topological polar surface area (TPSA) is 97.6 Å². The summed E-state index contributed by atoms with van der Waals surface area (Å²) in [4.78, 5) is 12.5. The average Bonchev–Trinajstić information content (AvgIpc) is 3.17. The first-order chi connectivity index (χ1) is 15.2. The van der Waals surface area contributed by atoms with Crippen molar-refractivity contribution in [3.8, 4) is 5.75 Å². The lowest BCUT2D eigenvalue weighted by Gasteiger charge is -2.14. The number of fused-ring (bicyclic) bond motifs is 1. The number of hydrogen-bond donors (Lipinski definition) is 2. The van der Waals surface area contributed by atoms with E-state index >= 15 is 0 Å². The second-order valence-electron chi connectivity index (χ2n) is 6.72. The number of methoxy groups -OCH3 is 1. The van der Waals surface area contributed by atoms with Crippen molar-refractivity contribution in [2.45, 2.75) is 4.90 Å². The number of furan rings is 1. The van der Waals surface area contributed by atoms with Crippen LogP contribution in [0.25, 0.3) is 11.0 Å². The Balaban J connectivity index is 1.59. The van der Waals surface area contributed by atoms with Gasteiger partial charge in [0.2, 0.25) is 0 Å². The molecule has 0 radical (unpaired) electrons. The predicted molar refractivity (Wildman–Crippen MR) is 119 cm³/mol. The van der Waals surface area contributed by atoms with Crippen molar-refractivity contribution in [3.63, 3.8) is 0 Å². The smallest absolute Gasteiger partial charge is 0.291 e. The summed E-state index contributed by atoms with van der Waals surface area (Å²) in [5.74, 6) is -0.799. The van der Waals surface area contributed by atoms with Crippen molar-refractivity contribution in [1.82, 2.24) is 0 Å². The van der Waals surface area contributed by atoms with E-state index in [4.69, 9.17) is 20.8 Å². The lowest BCUT2D eigenvalue weighted by atomic mass is 10.2. The fourth-order valence-corrected chi connectivity index (χ4v) is 4.24. The van der Waals surface area contributed by atoms with E-state index in [9.17, 15) is 17.6 Å². The minimum atomic E-state index is -4.02. The molecular formula is C22H16ClFN2O5S. The third-order valence-corrected chi connectivity index (χ3v) is 6.14. The first-order valence-corrected chi connectivity index (χ1v) is 11.1. The van der Waals surface area contributed by atoms with Gasteiger partial charge in [-0.15, -0.1) is 0 Å². The number of nitrogens with one attached hydrogen (secondary N) is 2. The monoisotopic (exact) mass is 474 g/mol. The number of sulfonamides is 1. The summed E-state index contributed by atoms with van der Waals surface area (Å²) in [5.41, 5.74) is 0.888. The third-order valence-electron chi connectivity index (χ3n) is 4.53. The van der Waals surface area contributed by atoms with Gasteiger partial charge in [0.25, 0.3) is 15.9 Å². The molecule has 3 aromatic carbocycles. The van der Waals surface area contributed by atoms with Crippen LogP contribution in [0, 0.1) is 5.82 Å². The number of carbonyl (C=O) groups is 1. The van der Waals surface area contributed by atoms with Crippen LogP contribution in [-0.4, -0.2) is 21.4 Å². The second kappa shape index (κ2) is 8.52. The van der Waals surface area contributed by atoms with Crippen molar-refractivity contribution in [2.24, 2.45) is 0 Å². The Hall–Kier alpha value is -3.56. The SMILES string of the molecule is COc1ccc(NC(=O)c2cc3cc(Cl)ccc3o2)cc1NS(=O)(=O)c1ccc(F)cc1. The van der Waals surface area contributed by atoms with Gasteiger partial charge in [0.1, 0.15) is 17.1 Å². The fourth-order valence-electron chi connectivity index (χ4n) is 3.00. The highest BCUT2D eigenvalue weighted by molar-refractivity contribution is 7.92. The van der Waals surface area contributed by atoms with Crippen molar-refractivity contribution in [1.29, 1.82) is 0 Å². The summed E-state index contributed by atoms with van der Waals surface area (Å²) >= 11 is 5.96. The molecule has 0 bridgehead atoms. The molecule has 2 N–H and O–H groups in total. The van der Waals surface area contributed by atoms with Gasteiger partial charge in [-0.2, -0.15) is 0 Å². The van der Waals surface area contributed by atoms with Gasteiger partial charge in [0, 0.05) is 16.1 Å². The molecule has 1 aromatic heterocycles. The Bertz CT molecular complexity index is 1420. The van der Waals surface area contributed by atoms with Crippen molar-refractivity contribution in [3.05, 3.63) is 83.3 Å². The number of ether oxygens (including phenoxy) is 1. The maximum absolute atomic E-state index is 13.1. The molecule has 4 aromatic rings. The van der Waals surface area contributed by atoms with Gasteiger partial charge >= 0.3 is 0 Å². The van der Waals surface area contributed by atoms with Gasteiger partial charge in [-0.3, -0.25) is 9.52 Å². The van der Waals surface area contributed by atoms with Crippen LogP contribution >= 0.6 is 11.6 Å². The quantitative estimate of drug-likeness (QED) is 0.396. The highest BCUT2D eigenvalue weighted by Gasteiger charge is 2.18. The van der Waals surface area contributed by atoms with Crippen molar-refractivity contribution < 1.29 is 26.8 Å². The van der Waals surface area contributed by atoms with E-state index in [1.54, 1.807) is 30.3 Å². The molecule has 164 valence electrons. The molecule has 0 saturated carbocycles. The maximum atomic E-state index is 13.1. The number of amides is 1. The molecule has 0 aliphatic heterocycles. The van der Waals surface area contributed by atoms with Gasteiger partial charge in [-0.1, -0.05) is 11.6 Å². The number of benzene rings is 3. The highest BCUT2D eigenvalue weighted by Crippen LogP contribution is 2.31. The number of hydrogen-bond acceptors (Lipinski definition) is 5. The van der Waals surface area contributed by atoms with Crippen LogP contribution in [-0.2, 0) is 10.0 Å². The van der Waals surface area contributed by atoms with Gasteiger partial charge in [-0.25, -0.2) is 12.8 Å². The Morgan fingerprint density at radius 3 is 2.50 bits per heavy atom. The van der Waals surface area contributed by atoms with Gasteiger partial charge in [-0.05, 0) is 66.7 Å². The molecule has 0 atom stereocenters. The molecule has 7 nitrogen and oxygen atoms in total. The zero-order valence-corrected chi connectivity index (χ0v) is 18.1. The van der Waals surface area contributed by atoms with Crippen LogP contribution < -0.4 is 14.8 Å². The molecule has 0 aliphatic carbocycles. The van der Waals surface area contributed by atoms with Crippen LogP contribution in [0.2, 0.25) is 5.02 Å². The van der Waals surface area contributed by atoms with Gasteiger partial charge < -0.3 is 14.5 Å². The zero-order valence-electron chi connectivity index (χ0n) is 16.6. The standard InChI is InChI=1S/C22H16ClFN2O5S/c1-30-20-9-5-16(12-18(20)26-32(28,29)17-6-3-15(24)4-7-17)25-22(27)21-11-13-10-14(23)2-8-19(13)31-21/h2-12,26H,1H3,(H,25,27). The minimum Gasteiger partial charge on any atom is -0.495 e. The second-order valence-corrected chi connectivity index (χ2v) is 8.84. The molecular weight excluding hydrogens is 459 g/mol. The van der Waals surface area contributed by atoms with E-state index in [0.717, 1.165) is 24.3 Å². The Morgan fingerprint density at radius 1 is 1.03 bits per heavy atom. The first kappa shape index (κ1) is 21.7. The van der Waals surface area contributed by atoms with E-state index in [-0.39, 0.29) is 22.1 Å². The molecule has 10 heteroatoms. The van der Waals surface area contributed by atoms with Crippen LogP contribution in [0.3, 0.4) is 0 Å². The lowest BCUT2D eigenvalue weighted by Crippen LogP contribution is -2.15. The van der Waals surface area contributed by atoms with E-state index in [1.807, 2.05) is 0 Å². The number of anilines is 2. The van der Waals surface area contributed by atoms with Gasteiger partial charge in [0.15, 0.2) is 5.76 Å². The Morgan fingerprint density at radius 2 is 1.78 bits per heavy atom. The van der Waals surface area contributed by atoms with Crippen LogP contribution in [0.1, 0.15) is 10.6 Å². The summed E-state index contributed by atoms with van der Waals surface area (Å²) in [5, 5.41) is 3.84. The molecule has 0 unspecified atom stereocenters. The molecule has 1 amide bonds. The normalized spacial score (nSPS) is 11.3. The van der Waals surface area contributed by atoms with Crippen LogP contribution in [0.4, 0.5) is 15.8 Å². The summed E-state index contributed by atoms with van der Waals surface area (Å²) in [6, 6.07) is 15.4. The predicted octanol–water partition coefficient (Wildman–Crippen LogP) is 5.29. The fraction of sp³-hybridized carbons (Fsp3) is 0.0455. The van der Waals surface area contributed by atoms with E-state index in [1.165, 1.54) is 19.2 Å². The minimum absolute atomic E-state index is 0.0616. The summed E-state index contributed by atoms with van der Waals surface area (Å²) in [7, 11) is -2.64. The Labute approximate surface area is 187 Å². The lowest BCUT2D eigenvalue weighted by molar-refractivity contribution is 0.0998. The summed E-state index contributed by atoms with van der Waals surface area (Å²) < 4.78 is 51.6. The van der Waals surface area contributed by atoms with Gasteiger partial charge in [0.05, 0.1) is 17.7 Å². The Kier molecular flexibility index (Phi) is 5.77. The number of carbonyl (C=O) groups excluding carboxylic acids is 1. The summed E-state index contributed by atoms with van der Waals surface area (Å²) in [6.45, 7) is 0.